The number of hydrogen-bond donors (Lipinski definition) is 0. The Morgan fingerprint density at radius 1 is 0.341 bits per heavy atom. The summed E-state index contributed by atoms with van der Waals surface area (Å²) in [5.74, 6) is -0.773. The highest BCUT2D eigenvalue weighted by Gasteiger charge is 2.30. The third kappa shape index (κ3) is 6.80. The van der Waals surface area contributed by atoms with Gasteiger partial charge >= 0.3 is 0 Å². The Bertz CT molecular complexity index is 1670. The number of benzene rings is 6. The van der Waals surface area contributed by atoms with E-state index in [4.69, 9.17) is 23.2 Å². The van der Waals surface area contributed by atoms with Crippen molar-refractivity contribution in [2.45, 2.75) is 0 Å². The van der Waals surface area contributed by atoms with Crippen LogP contribution in [0.2, 0.25) is 10.0 Å². The minimum absolute atomic E-state index is 0.387. The van der Waals surface area contributed by atoms with Gasteiger partial charge in [-0.3, -0.25) is 0 Å². The van der Waals surface area contributed by atoms with Gasteiger partial charge in [0, 0.05) is 41.9 Å². The second-order valence-electron chi connectivity index (χ2n) is 9.80. The molecule has 0 saturated carbocycles. The molecular formula is C36H26Cl2F2O2P2. The molecule has 0 fully saturated rings. The zero-order valence-electron chi connectivity index (χ0n) is 23.2. The van der Waals surface area contributed by atoms with Gasteiger partial charge in [-0.15, -0.1) is 0 Å². The van der Waals surface area contributed by atoms with Crippen molar-refractivity contribution in [1.82, 2.24) is 0 Å². The van der Waals surface area contributed by atoms with Crippen molar-refractivity contribution in [2.24, 2.45) is 0 Å². The summed E-state index contributed by atoms with van der Waals surface area (Å²) in [6, 6.07) is 44.1. The lowest BCUT2D eigenvalue weighted by atomic mass is 10.3. The zero-order valence-corrected chi connectivity index (χ0v) is 26.5. The average Bonchev–Trinajstić information content (AvgIpc) is 3.06. The van der Waals surface area contributed by atoms with E-state index in [0.717, 1.165) is 15.9 Å². The van der Waals surface area contributed by atoms with Gasteiger partial charge < -0.3 is 9.13 Å². The summed E-state index contributed by atoms with van der Waals surface area (Å²) < 4.78 is 54.1. The second-order valence-corrected chi connectivity index (χ2v) is 16.2. The topological polar surface area (TPSA) is 34.1 Å². The van der Waals surface area contributed by atoms with E-state index in [1.807, 2.05) is 60.7 Å². The Labute approximate surface area is 265 Å². The maximum Gasteiger partial charge on any atom is 0.171 e. The van der Waals surface area contributed by atoms with Gasteiger partial charge in [0.15, 0.2) is 14.3 Å². The molecule has 0 aliphatic heterocycles. The predicted molar refractivity (Wildman–Crippen MR) is 182 cm³/mol. The molecule has 0 heterocycles. The summed E-state index contributed by atoms with van der Waals surface area (Å²) in [6.07, 6.45) is 0. The summed E-state index contributed by atoms with van der Waals surface area (Å²) in [6.45, 7) is 0. The Kier molecular flexibility index (Phi) is 9.99. The minimum atomic E-state index is -3.15. The molecule has 0 atom stereocenters. The Balaban J connectivity index is 0.000000175. The van der Waals surface area contributed by atoms with Crippen LogP contribution in [0.3, 0.4) is 0 Å². The van der Waals surface area contributed by atoms with Gasteiger partial charge in [-0.2, -0.15) is 0 Å². The van der Waals surface area contributed by atoms with Gasteiger partial charge in [0.2, 0.25) is 0 Å². The Hall–Kier alpha value is -3.78. The van der Waals surface area contributed by atoms with Crippen LogP contribution in [0, 0.1) is 11.6 Å². The van der Waals surface area contributed by atoms with Gasteiger partial charge in [0.1, 0.15) is 11.6 Å². The van der Waals surface area contributed by atoms with Crippen molar-refractivity contribution in [3.8, 4) is 0 Å². The van der Waals surface area contributed by atoms with Crippen molar-refractivity contribution in [3.63, 3.8) is 0 Å². The predicted octanol–water partition coefficient (Wildman–Crippen LogP) is 8.24. The fourth-order valence-electron chi connectivity index (χ4n) is 4.77. The summed E-state index contributed by atoms with van der Waals surface area (Å²) in [5.41, 5.74) is 0. The third-order valence-corrected chi connectivity index (χ3v) is 13.7. The van der Waals surface area contributed by atoms with E-state index in [1.54, 1.807) is 48.5 Å². The molecule has 2 nitrogen and oxygen atoms in total. The van der Waals surface area contributed by atoms with E-state index in [1.165, 1.54) is 48.5 Å². The van der Waals surface area contributed by atoms with Gasteiger partial charge in [0.25, 0.3) is 0 Å². The lowest BCUT2D eigenvalue weighted by Gasteiger charge is -2.20. The van der Waals surface area contributed by atoms with Crippen LogP contribution in [0.1, 0.15) is 0 Å². The SMILES string of the molecule is O=P(c1ccccc1)(c1ccc(Cl)cc1)c1ccc(Cl)cc1.O=P(c1ccccc1)(c1ccc(F)cc1)c1ccc(F)cc1. The van der Waals surface area contributed by atoms with Crippen LogP contribution in [0.5, 0.6) is 0 Å². The van der Waals surface area contributed by atoms with Crippen LogP contribution in [-0.2, 0) is 9.13 Å². The molecule has 8 heteroatoms. The van der Waals surface area contributed by atoms with E-state index in [-0.39, 0.29) is 11.6 Å². The molecule has 220 valence electrons. The maximum atomic E-state index is 14.0. The first kappa shape index (κ1) is 31.6. The molecule has 0 spiro atoms. The maximum absolute atomic E-state index is 14.0. The van der Waals surface area contributed by atoms with Crippen molar-refractivity contribution in [2.75, 3.05) is 0 Å². The van der Waals surface area contributed by atoms with Crippen LogP contribution in [-0.4, -0.2) is 0 Å². The third-order valence-electron chi connectivity index (χ3n) is 7.00. The molecule has 0 unspecified atom stereocenters. The smallest absolute Gasteiger partial charge is 0.171 e. The lowest BCUT2D eigenvalue weighted by Crippen LogP contribution is -2.25. The average molecular weight is 661 g/mol. The van der Waals surface area contributed by atoms with Crippen molar-refractivity contribution < 1.29 is 17.9 Å². The minimum Gasteiger partial charge on any atom is -0.309 e. The monoisotopic (exact) mass is 660 g/mol. The van der Waals surface area contributed by atoms with Crippen LogP contribution in [0.15, 0.2) is 158 Å². The Morgan fingerprint density at radius 2 is 0.568 bits per heavy atom. The van der Waals surface area contributed by atoms with Gasteiger partial charge in [0.05, 0.1) is 0 Å². The molecule has 44 heavy (non-hydrogen) atoms. The standard InChI is InChI=1S/C18H13Cl2OP.C18H13F2OP/c2*19-14-6-10-17(11-7-14)22(21,16-4-2-1-3-5-16)18-12-8-15(20)9-13-18/h2*1-13H. The van der Waals surface area contributed by atoms with E-state index >= 15 is 0 Å². The largest absolute Gasteiger partial charge is 0.309 e. The summed E-state index contributed by atoms with van der Waals surface area (Å²) in [5, 5.41) is 5.22. The number of hydrogen-bond acceptors (Lipinski definition) is 2. The van der Waals surface area contributed by atoms with E-state index in [9.17, 15) is 17.9 Å². The molecule has 0 N–H and O–H groups in total. The van der Waals surface area contributed by atoms with Crippen molar-refractivity contribution in [3.05, 3.63) is 179 Å². The molecule has 0 bridgehead atoms. The number of halogens is 4. The molecule has 0 saturated heterocycles. The first-order chi connectivity index (χ1) is 21.2. The van der Waals surface area contributed by atoms with Gasteiger partial charge in [-0.05, 0) is 97.1 Å². The highest BCUT2D eigenvalue weighted by Crippen LogP contribution is 2.43. The fourth-order valence-corrected chi connectivity index (χ4v) is 10.3. The van der Waals surface area contributed by atoms with Crippen LogP contribution in [0.25, 0.3) is 0 Å². The van der Waals surface area contributed by atoms with E-state index in [0.29, 0.717) is 26.0 Å². The van der Waals surface area contributed by atoms with Crippen LogP contribution in [0.4, 0.5) is 8.78 Å². The van der Waals surface area contributed by atoms with Gasteiger partial charge in [-0.25, -0.2) is 8.78 Å². The molecular weight excluding hydrogens is 635 g/mol. The molecule has 6 aromatic carbocycles. The normalized spacial score (nSPS) is 11.4. The van der Waals surface area contributed by atoms with Gasteiger partial charge in [-0.1, -0.05) is 83.9 Å². The van der Waals surface area contributed by atoms with Crippen LogP contribution < -0.4 is 31.8 Å². The quantitative estimate of drug-likeness (QED) is 0.169. The van der Waals surface area contributed by atoms with Crippen molar-refractivity contribution in [1.29, 1.82) is 0 Å². The summed E-state index contributed by atoms with van der Waals surface area (Å²) in [4.78, 5) is 0. The lowest BCUT2D eigenvalue weighted by molar-refractivity contribution is 0.591. The number of rotatable bonds is 6. The molecule has 0 amide bonds. The molecule has 0 radical (unpaired) electrons. The van der Waals surface area contributed by atoms with E-state index in [2.05, 4.69) is 0 Å². The van der Waals surface area contributed by atoms with Crippen molar-refractivity contribution >= 4 is 69.3 Å². The molecule has 0 aliphatic carbocycles. The zero-order chi connectivity index (χ0) is 31.2. The summed E-state index contributed by atoms with van der Waals surface area (Å²) >= 11 is 11.9. The first-order valence-electron chi connectivity index (χ1n) is 13.6. The molecule has 0 aromatic heterocycles. The highest BCUT2D eigenvalue weighted by atomic mass is 35.5. The molecule has 0 aliphatic rings. The highest BCUT2D eigenvalue weighted by molar-refractivity contribution is 7.85. The molecule has 6 rings (SSSR count). The second kappa shape index (κ2) is 13.9. The fraction of sp³-hybridized carbons (Fsp3) is 0. The molecule has 6 aromatic rings. The first-order valence-corrected chi connectivity index (χ1v) is 17.7. The summed E-state index contributed by atoms with van der Waals surface area (Å²) in [7, 11) is -6.08. The van der Waals surface area contributed by atoms with Crippen LogP contribution >= 0.6 is 37.5 Å². The van der Waals surface area contributed by atoms with E-state index < -0.39 is 14.3 Å². The Morgan fingerprint density at radius 3 is 0.841 bits per heavy atom.